The molecule has 13 heavy (non-hydrogen) atoms. The van der Waals surface area contributed by atoms with Crippen molar-refractivity contribution in [2.45, 2.75) is 19.8 Å². The van der Waals surface area contributed by atoms with Crippen molar-refractivity contribution >= 4 is 11.6 Å². The number of ether oxygens (including phenoxy) is 1. The Kier molecular flexibility index (Phi) is 7.48. The van der Waals surface area contributed by atoms with E-state index in [1.165, 1.54) is 0 Å². The molecule has 1 nitrogen and oxygen atoms in total. The van der Waals surface area contributed by atoms with Crippen LogP contribution in [0, 0.1) is 12.3 Å². The standard InChI is InChI=1S/C11H15ClO/c1-4-10(8-9-13-3)6-7-11(12)5-2/h1,6-7H,5,8-9H2,2-3H3. The van der Waals surface area contributed by atoms with Gasteiger partial charge in [0, 0.05) is 24.1 Å². The second kappa shape index (κ2) is 7.91. The van der Waals surface area contributed by atoms with E-state index in [4.69, 9.17) is 22.8 Å². The maximum absolute atomic E-state index is 5.82. The highest BCUT2D eigenvalue weighted by atomic mass is 35.5. The van der Waals surface area contributed by atoms with Gasteiger partial charge < -0.3 is 4.74 Å². The molecule has 0 aliphatic carbocycles. The molecule has 0 unspecified atom stereocenters. The van der Waals surface area contributed by atoms with Crippen molar-refractivity contribution in [3.8, 4) is 12.3 Å². The third-order valence-corrected chi connectivity index (χ3v) is 1.96. The highest BCUT2D eigenvalue weighted by molar-refractivity contribution is 6.29. The lowest BCUT2D eigenvalue weighted by molar-refractivity contribution is 0.203. The number of hydrogen-bond acceptors (Lipinski definition) is 1. The monoisotopic (exact) mass is 198 g/mol. The van der Waals surface area contributed by atoms with Crippen LogP contribution in [0.15, 0.2) is 22.8 Å². The van der Waals surface area contributed by atoms with Crippen LogP contribution in [0.1, 0.15) is 19.8 Å². The van der Waals surface area contributed by atoms with Crippen molar-refractivity contribution in [2.75, 3.05) is 13.7 Å². The van der Waals surface area contributed by atoms with Crippen molar-refractivity contribution in [3.05, 3.63) is 22.8 Å². The van der Waals surface area contributed by atoms with Gasteiger partial charge in [0.15, 0.2) is 0 Å². The number of rotatable bonds is 5. The Morgan fingerprint density at radius 1 is 1.54 bits per heavy atom. The molecule has 0 heterocycles. The SMILES string of the molecule is C#CC(=CC=C(Cl)CC)CCOC. The van der Waals surface area contributed by atoms with Crippen LogP contribution < -0.4 is 0 Å². The van der Waals surface area contributed by atoms with Crippen LogP contribution in [0.2, 0.25) is 0 Å². The normalized spacial score (nSPS) is 12.8. The van der Waals surface area contributed by atoms with Crippen LogP contribution in [0.5, 0.6) is 0 Å². The molecular weight excluding hydrogens is 184 g/mol. The molecule has 0 aromatic carbocycles. The number of hydrogen-bond donors (Lipinski definition) is 0. The summed E-state index contributed by atoms with van der Waals surface area (Å²) in [7, 11) is 1.66. The van der Waals surface area contributed by atoms with Crippen LogP contribution in [0.4, 0.5) is 0 Å². The Labute approximate surface area is 85.4 Å². The van der Waals surface area contributed by atoms with Gasteiger partial charge in [0.2, 0.25) is 0 Å². The zero-order chi connectivity index (χ0) is 10.1. The van der Waals surface area contributed by atoms with Gasteiger partial charge >= 0.3 is 0 Å². The zero-order valence-corrected chi connectivity index (χ0v) is 8.90. The molecular formula is C11H15ClO. The van der Waals surface area contributed by atoms with Crippen molar-refractivity contribution < 1.29 is 4.74 Å². The van der Waals surface area contributed by atoms with E-state index in [0.29, 0.717) is 6.61 Å². The third-order valence-electron chi connectivity index (χ3n) is 1.56. The molecule has 0 fully saturated rings. The Morgan fingerprint density at radius 3 is 2.69 bits per heavy atom. The molecule has 0 bridgehead atoms. The summed E-state index contributed by atoms with van der Waals surface area (Å²) in [5.41, 5.74) is 0.911. The number of allylic oxidation sites excluding steroid dienone is 3. The first-order valence-electron chi connectivity index (χ1n) is 4.25. The predicted molar refractivity (Wildman–Crippen MR) is 57.6 cm³/mol. The third kappa shape index (κ3) is 6.45. The van der Waals surface area contributed by atoms with Crippen molar-refractivity contribution in [3.63, 3.8) is 0 Å². The fourth-order valence-corrected chi connectivity index (χ4v) is 0.787. The summed E-state index contributed by atoms with van der Waals surface area (Å²) in [4.78, 5) is 0. The van der Waals surface area contributed by atoms with E-state index >= 15 is 0 Å². The van der Waals surface area contributed by atoms with Gasteiger partial charge in [0.1, 0.15) is 0 Å². The highest BCUT2D eigenvalue weighted by Gasteiger charge is 1.91. The van der Waals surface area contributed by atoms with Gasteiger partial charge in [-0.1, -0.05) is 24.4 Å². The fraction of sp³-hybridized carbons (Fsp3) is 0.455. The lowest BCUT2D eigenvalue weighted by atomic mass is 10.2. The topological polar surface area (TPSA) is 9.23 Å². The molecule has 0 aliphatic rings. The maximum atomic E-state index is 5.82. The molecule has 0 saturated heterocycles. The molecule has 0 radical (unpaired) electrons. The van der Waals surface area contributed by atoms with E-state index in [-0.39, 0.29) is 0 Å². The van der Waals surface area contributed by atoms with Gasteiger partial charge in [-0.25, -0.2) is 0 Å². The van der Waals surface area contributed by atoms with E-state index in [0.717, 1.165) is 23.4 Å². The van der Waals surface area contributed by atoms with Gasteiger partial charge in [-0.3, -0.25) is 0 Å². The molecule has 0 saturated carbocycles. The van der Waals surface area contributed by atoms with E-state index in [2.05, 4.69) is 5.92 Å². The average Bonchev–Trinajstić information content (AvgIpc) is 2.17. The Bertz CT molecular complexity index is 233. The highest BCUT2D eigenvalue weighted by Crippen LogP contribution is 2.08. The second-order valence-corrected chi connectivity index (χ2v) is 3.03. The molecule has 2 heteroatoms. The second-order valence-electron chi connectivity index (χ2n) is 2.55. The average molecular weight is 199 g/mol. The van der Waals surface area contributed by atoms with Gasteiger partial charge in [0.05, 0.1) is 6.61 Å². The number of methoxy groups -OCH3 is 1. The van der Waals surface area contributed by atoms with Crippen LogP contribution >= 0.6 is 11.6 Å². The Balaban J connectivity index is 4.16. The van der Waals surface area contributed by atoms with Crippen molar-refractivity contribution in [1.82, 2.24) is 0 Å². The predicted octanol–water partition coefficient (Wildman–Crippen LogP) is 3.12. The Morgan fingerprint density at radius 2 is 2.23 bits per heavy atom. The van der Waals surface area contributed by atoms with E-state index in [9.17, 15) is 0 Å². The van der Waals surface area contributed by atoms with Crippen LogP contribution in [0.25, 0.3) is 0 Å². The lowest BCUT2D eigenvalue weighted by Crippen LogP contribution is -1.89. The summed E-state index contributed by atoms with van der Waals surface area (Å²) >= 11 is 5.82. The number of terminal acetylenes is 1. The molecule has 0 spiro atoms. The minimum absolute atomic E-state index is 0.646. The molecule has 0 aromatic heterocycles. The van der Waals surface area contributed by atoms with Crippen molar-refractivity contribution in [1.29, 1.82) is 0 Å². The molecule has 72 valence electrons. The summed E-state index contributed by atoms with van der Waals surface area (Å²) in [6.07, 6.45) is 10.6. The smallest absolute Gasteiger partial charge is 0.0508 e. The minimum Gasteiger partial charge on any atom is -0.384 e. The molecule has 0 N–H and O–H groups in total. The van der Waals surface area contributed by atoms with Crippen LogP contribution in [-0.2, 0) is 4.74 Å². The number of halogens is 1. The molecule has 0 amide bonds. The van der Waals surface area contributed by atoms with Gasteiger partial charge in [-0.05, 0) is 18.6 Å². The van der Waals surface area contributed by atoms with Gasteiger partial charge in [0.25, 0.3) is 0 Å². The van der Waals surface area contributed by atoms with Crippen molar-refractivity contribution in [2.24, 2.45) is 0 Å². The van der Waals surface area contributed by atoms with Gasteiger partial charge in [-0.15, -0.1) is 6.42 Å². The molecule has 0 atom stereocenters. The van der Waals surface area contributed by atoms with E-state index in [1.807, 2.05) is 19.1 Å². The lowest BCUT2D eigenvalue weighted by Gasteiger charge is -1.97. The van der Waals surface area contributed by atoms with E-state index in [1.54, 1.807) is 7.11 Å². The Hall–Kier alpha value is -0.710. The first-order chi connectivity index (χ1) is 6.24. The van der Waals surface area contributed by atoms with Gasteiger partial charge in [-0.2, -0.15) is 0 Å². The summed E-state index contributed by atoms with van der Waals surface area (Å²) in [6.45, 7) is 2.64. The molecule has 0 aromatic rings. The quantitative estimate of drug-likeness (QED) is 0.487. The largest absolute Gasteiger partial charge is 0.384 e. The molecule has 0 rings (SSSR count). The first kappa shape index (κ1) is 12.3. The van der Waals surface area contributed by atoms with Crippen LogP contribution in [-0.4, -0.2) is 13.7 Å². The summed E-state index contributed by atoms with van der Waals surface area (Å²) in [5, 5.41) is 0.810. The van der Waals surface area contributed by atoms with E-state index < -0.39 is 0 Å². The first-order valence-corrected chi connectivity index (χ1v) is 4.63. The summed E-state index contributed by atoms with van der Waals surface area (Å²) in [6, 6.07) is 0. The minimum atomic E-state index is 0.646. The molecule has 0 aliphatic heterocycles. The zero-order valence-electron chi connectivity index (χ0n) is 8.14. The fourth-order valence-electron chi connectivity index (χ4n) is 0.724. The van der Waals surface area contributed by atoms with Crippen LogP contribution in [0.3, 0.4) is 0 Å². The summed E-state index contributed by atoms with van der Waals surface area (Å²) < 4.78 is 4.92. The maximum Gasteiger partial charge on any atom is 0.0508 e. The summed E-state index contributed by atoms with van der Waals surface area (Å²) in [5.74, 6) is 2.59.